The molecular weight excluding hydrogens is 200 g/mol. The summed E-state index contributed by atoms with van der Waals surface area (Å²) in [6.07, 6.45) is 0.899. The van der Waals surface area contributed by atoms with Crippen LogP contribution in [0.15, 0.2) is 16.8 Å². The number of ether oxygens (including phenoxy) is 1. The summed E-state index contributed by atoms with van der Waals surface area (Å²) in [5.41, 5.74) is 1.21. The molecule has 78 valence electrons. The minimum Gasteiger partial charge on any atom is -0.469 e. The van der Waals surface area contributed by atoms with Crippen molar-refractivity contribution in [1.29, 1.82) is 0 Å². The van der Waals surface area contributed by atoms with Crippen molar-refractivity contribution in [1.82, 2.24) is 0 Å². The number of methoxy groups -OCH3 is 1. The molecule has 4 heteroatoms. The van der Waals surface area contributed by atoms with Crippen LogP contribution in [-0.2, 0) is 16.0 Å². The highest BCUT2D eigenvalue weighted by molar-refractivity contribution is 7.07. The third-order valence-corrected chi connectivity index (χ3v) is 2.71. The van der Waals surface area contributed by atoms with Gasteiger partial charge in [0.1, 0.15) is 0 Å². The first-order valence-electron chi connectivity index (χ1n) is 4.48. The molecule has 1 rings (SSSR count). The minimum atomic E-state index is -0.595. The normalized spacial score (nSPS) is 12.4. The van der Waals surface area contributed by atoms with Crippen molar-refractivity contribution >= 4 is 17.3 Å². The summed E-state index contributed by atoms with van der Waals surface area (Å²) in [5.74, 6) is -0.359. The van der Waals surface area contributed by atoms with Gasteiger partial charge in [-0.3, -0.25) is 4.79 Å². The number of carbonyl (C=O) groups is 1. The van der Waals surface area contributed by atoms with Gasteiger partial charge in [0.25, 0.3) is 0 Å². The molecule has 0 aliphatic carbocycles. The van der Waals surface area contributed by atoms with Gasteiger partial charge in [0.2, 0.25) is 0 Å². The van der Waals surface area contributed by atoms with E-state index in [1.54, 1.807) is 11.3 Å². The molecule has 0 radical (unpaired) electrons. The van der Waals surface area contributed by atoms with Crippen LogP contribution in [0.3, 0.4) is 0 Å². The highest BCUT2D eigenvalue weighted by atomic mass is 32.1. The number of aliphatic hydroxyl groups excluding tert-OH is 1. The molecule has 0 amide bonds. The van der Waals surface area contributed by atoms with Gasteiger partial charge in [-0.05, 0) is 35.2 Å². The number of carbonyl (C=O) groups excluding carboxylic acids is 1. The van der Waals surface area contributed by atoms with Crippen molar-refractivity contribution in [3.63, 3.8) is 0 Å². The zero-order chi connectivity index (χ0) is 10.4. The maximum atomic E-state index is 10.8. The molecule has 1 heterocycles. The predicted octanol–water partition coefficient (Wildman–Crippen LogP) is 1.60. The smallest absolute Gasteiger partial charge is 0.308 e. The van der Waals surface area contributed by atoms with Gasteiger partial charge in [0.05, 0.1) is 19.6 Å². The second-order valence-electron chi connectivity index (χ2n) is 3.10. The summed E-state index contributed by atoms with van der Waals surface area (Å²) in [6, 6.07) is 2.02. The van der Waals surface area contributed by atoms with Crippen molar-refractivity contribution in [2.24, 2.45) is 0 Å². The number of hydrogen-bond donors (Lipinski definition) is 1. The lowest BCUT2D eigenvalue weighted by molar-refractivity contribution is -0.142. The summed E-state index contributed by atoms with van der Waals surface area (Å²) in [5, 5.41) is 13.5. The Labute approximate surface area is 87.3 Å². The molecule has 1 atom stereocenters. The van der Waals surface area contributed by atoms with Crippen LogP contribution in [0.4, 0.5) is 0 Å². The maximum absolute atomic E-state index is 10.8. The zero-order valence-electron chi connectivity index (χ0n) is 8.10. The Hall–Kier alpha value is -0.870. The van der Waals surface area contributed by atoms with E-state index in [1.165, 1.54) is 12.7 Å². The fourth-order valence-electron chi connectivity index (χ4n) is 1.15. The average Bonchev–Trinajstić information content (AvgIpc) is 2.67. The van der Waals surface area contributed by atoms with Crippen molar-refractivity contribution < 1.29 is 14.6 Å². The highest BCUT2D eigenvalue weighted by Gasteiger charge is 2.10. The van der Waals surface area contributed by atoms with Gasteiger partial charge in [-0.25, -0.2) is 0 Å². The Balaban J connectivity index is 2.21. The summed E-state index contributed by atoms with van der Waals surface area (Å²) in [6.45, 7) is 0. The van der Waals surface area contributed by atoms with Crippen LogP contribution in [0, 0.1) is 0 Å². The summed E-state index contributed by atoms with van der Waals surface area (Å²) in [4.78, 5) is 10.8. The zero-order valence-corrected chi connectivity index (χ0v) is 8.92. The number of thiophene rings is 1. The Morgan fingerprint density at radius 3 is 3.07 bits per heavy atom. The Morgan fingerprint density at radius 2 is 2.50 bits per heavy atom. The standard InChI is InChI=1S/C10H14O3S/c1-13-10(12)6-9(11)3-2-8-4-5-14-7-8/h4-5,7,9,11H,2-3,6H2,1H3/t9-/m1/s1. The van der Waals surface area contributed by atoms with E-state index in [9.17, 15) is 9.90 Å². The molecule has 0 saturated carbocycles. The first kappa shape index (κ1) is 11.2. The second kappa shape index (κ2) is 5.78. The number of esters is 1. The molecule has 0 bridgehead atoms. The van der Waals surface area contributed by atoms with Crippen molar-refractivity contribution in [3.05, 3.63) is 22.4 Å². The predicted molar refractivity (Wildman–Crippen MR) is 55.3 cm³/mol. The van der Waals surface area contributed by atoms with Gasteiger partial charge < -0.3 is 9.84 Å². The molecule has 1 aromatic rings. The van der Waals surface area contributed by atoms with E-state index in [1.807, 2.05) is 16.8 Å². The summed E-state index contributed by atoms with van der Waals surface area (Å²) >= 11 is 1.64. The van der Waals surface area contributed by atoms with Crippen LogP contribution in [-0.4, -0.2) is 24.3 Å². The van der Waals surface area contributed by atoms with Gasteiger partial charge in [-0.15, -0.1) is 0 Å². The van der Waals surface area contributed by atoms with Crippen LogP contribution in [0.5, 0.6) is 0 Å². The topological polar surface area (TPSA) is 46.5 Å². The number of aryl methyl sites for hydroxylation is 1. The molecule has 0 spiro atoms. The molecule has 1 N–H and O–H groups in total. The third-order valence-electron chi connectivity index (χ3n) is 1.98. The molecule has 0 unspecified atom stereocenters. The SMILES string of the molecule is COC(=O)C[C@H](O)CCc1ccsc1. The Bertz CT molecular complexity index is 269. The fourth-order valence-corrected chi connectivity index (χ4v) is 1.85. The number of aliphatic hydroxyl groups is 1. The molecule has 0 aliphatic heterocycles. The van der Waals surface area contributed by atoms with Gasteiger partial charge in [0, 0.05) is 0 Å². The molecule has 0 saturated heterocycles. The van der Waals surface area contributed by atoms with E-state index in [2.05, 4.69) is 4.74 Å². The average molecular weight is 214 g/mol. The van der Waals surface area contributed by atoms with Crippen LogP contribution < -0.4 is 0 Å². The lowest BCUT2D eigenvalue weighted by atomic mass is 10.1. The van der Waals surface area contributed by atoms with E-state index in [0.717, 1.165) is 6.42 Å². The molecule has 0 aliphatic rings. The quantitative estimate of drug-likeness (QED) is 0.757. The molecule has 3 nitrogen and oxygen atoms in total. The Morgan fingerprint density at radius 1 is 1.71 bits per heavy atom. The van der Waals surface area contributed by atoms with Crippen LogP contribution in [0.25, 0.3) is 0 Å². The van der Waals surface area contributed by atoms with Crippen LogP contribution in [0.2, 0.25) is 0 Å². The van der Waals surface area contributed by atoms with E-state index >= 15 is 0 Å². The maximum Gasteiger partial charge on any atom is 0.308 e. The monoisotopic (exact) mass is 214 g/mol. The van der Waals surface area contributed by atoms with Crippen molar-refractivity contribution in [3.8, 4) is 0 Å². The molecular formula is C10H14O3S. The lowest BCUT2D eigenvalue weighted by Gasteiger charge is -2.07. The van der Waals surface area contributed by atoms with E-state index in [4.69, 9.17) is 0 Å². The summed E-state index contributed by atoms with van der Waals surface area (Å²) in [7, 11) is 1.33. The van der Waals surface area contributed by atoms with Crippen LogP contribution >= 0.6 is 11.3 Å². The Kier molecular flexibility index (Phi) is 4.62. The van der Waals surface area contributed by atoms with Crippen LogP contribution in [0.1, 0.15) is 18.4 Å². The van der Waals surface area contributed by atoms with E-state index < -0.39 is 6.10 Å². The highest BCUT2D eigenvalue weighted by Crippen LogP contribution is 2.11. The van der Waals surface area contributed by atoms with E-state index in [0.29, 0.717) is 6.42 Å². The molecule has 0 fully saturated rings. The summed E-state index contributed by atoms with van der Waals surface area (Å²) < 4.78 is 4.46. The number of hydrogen-bond acceptors (Lipinski definition) is 4. The molecule has 0 aromatic carbocycles. The minimum absolute atomic E-state index is 0.0840. The van der Waals surface area contributed by atoms with Gasteiger partial charge in [-0.1, -0.05) is 0 Å². The second-order valence-corrected chi connectivity index (χ2v) is 3.88. The first-order chi connectivity index (χ1) is 6.72. The molecule has 1 aromatic heterocycles. The van der Waals surface area contributed by atoms with E-state index in [-0.39, 0.29) is 12.4 Å². The lowest BCUT2D eigenvalue weighted by Crippen LogP contribution is -2.15. The van der Waals surface area contributed by atoms with Gasteiger partial charge >= 0.3 is 5.97 Å². The van der Waals surface area contributed by atoms with Crippen molar-refractivity contribution in [2.75, 3.05) is 7.11 Å². The number of rotatable bonds is 5. The fraction of sp³-hybridized carbons (Fsp3) is 0.500. The largest absolute Gasteiger partial charge is 0.469 e. The van der Waals surface area contributed by atoms with Gasteiger partial charge in [-0.2, -0.15) is 11.3 Å². The van der Waals surface area contributed by atoms with Crippen molar-refractivity contribution in [2.45, 2.75) is 25.4 Å². The third kappa shape index (κ3) is 3.89. The van der Waals surface area contributed by atoms with Gasteiger partial charge in [0.15, 0.2) is 0 Å². The molecule has 14 heavy (non-hydrogen) atoms. The first-order valence-corrected chi connectivity index (χ1v) is 5.42.